The third-order valence-corrected chi connectivity index (χ3v) is 8.93. The van der Waals surface area contributed by atoms with Crippen molar-refractivity contribution in [2.75, 3.05) is 0 Å². The summed E-state index contributed by atoms with van der Waals surface area (Å²) in [6.45, 7) is 0. The predicted molar refractivity (Wildman–Crippen MR) is 114 cm³/mol. The van der Waals surface area contributed by atoms with Crippen molar-refractivity contribution < 1.29 is 51.5 Å². The van der Waals surface area contributed by atoms with Crippen LogP contribution in [0.4, 0.5) is 26.3 Å². The van der Waals surface area contributed by atoms with Crippen LogP contribution in [0.1, 0.15) is 59.8 Å². The lowest BCUT2D eigenvalue weighted by Crippen LogP contribution is -2.28. The summed E-state index contributed by atoms with van der Waals surface area (Å²) in [6, 6.07) is 5.18. The molecule has 1 fully saturated rings. The van der Waals surface area contributed by atoms with Gasteiger partial charge in [-0.05, 0) is 90.3 Å². The third-order valence-electron chi connectivity index (χ3n) is 6.99. The third kappa shape index (κ3) is 3.92. The van der Waals surface area contributed by atoms with Gasteiger partial charge < -0.3 is 8.37 Å². The SMILES string of the molecule is O=S(=O)(Oc1ccc(-c2ccc(OS(=O)(=O)C(F)(F)F)c3c2C2CCC3C2)c2c1CCC2)C(F)(F)F. The summed E-state index contributed by atoms with van der Waals surface area (Å²) < 4.78 is 133. The fourth-order valence-electron chi connectivity index (χ4n) is 5.63. The second-order valence-corrected chi connectivity index (χ2v) is 12.1. The fraction of sp³-hybridized carbons (Fsp3) is 0.455. The summed E-state index contributed by atoms with van der Waals surface area (Å²) in [5.74, 6) is -1.03. The number of fused-ring (bicyclic) bond motifs is 6. The van der Waals surface area contributed by atoms with Crippen molar-refractivity contribution in [1.29, 1.82) is 0 Å². The van der Waals surface area contributed by atoms with Gasteiger partial charge in [0.1, 0.15) is 11.5 Å². The quantitative estimate of drug-likeness (QED) is 0.268. The maximum atomic E-state index is 12.9. The minimum Gasteiger partial charge on any atom is -0.376 e. The molecule has 3 aliphatic carbocycles. The molecule has 2 aromatic rings. The highest BCUT2D eigenvalue weighted by atomic mass is 32.2. The summed E-state index contributed by atoms with van der Waals surface area (Å²) in [7, 11) is -11.7. The van der Waals surface area contributed by atoms with Gasteiger partial charge in [0.2, 0.25) is 0 Å². The lowest BCUT2D eigenvalue weighted by molar-refractivity contribution is -0.0505. The molecule has 0 spiro atoms. The minimum absolute atomic E-state index is 0.0456. The van der Waals surface area contributed by atoms with E-state index in [4.69, 9.17) is 0 Å². The Morgan fingerprint density at radius 1 is 0.667 bits per heavy atom. The monoisotopic (exact) mass is 556 g/mol. The first-order valence-corrected chi connectivity index (χ1v) is 13.8. The molecule has 2 unspecified atom stereocenters. The van der Waals surface area contributed by atoms with Gasteiger partial charge in [0.05, 0.1) is 0 Å². The molecule has 0 amide bonds. The van der Waals surface area contributed by atoms with Crippen molar-refractivity contribution in [3.05, 3.63) is 46.5 Å². The van der Waals surface area contributed by atoms with Gasteiger partial charge in [-0.3, -0.25) is 0 Å². The van der Waals surface area contributed by atoms with Crippen molar-refractivity contribution in [1.82, 2.24) is 0 Å². The molecule has 14 heteroatoms. The van der Waals surface area contributed by atoms with Gasteiger partial charge >= 0.3 is 31.3 Å². The summed E-state index contributed by atoms with van der Waals surface area (Å²) in [5.41, 5.74) is -8.03. The van der Waals surface area contributed by atoms with E-state index in [-0.39, 0.29) is 24.0 Å². The van der Waals surface area contributed by atoms with Gasteiger partial charge in [-0.15, -0.1) is 0 Å². The van der Waals surface area contributed by atoms with Crippen LogP contribution in [0, 0.1) is 0 Å². The average Bonchev–Trinajstić information content (AvgIpc) is 3.49. The molecule has 36 heavy (non-hydrogen) atoms. The number of hydrogen-bond donors (Lipinski definition) is 0. The van der Waals surface area contributed by atoms with Crippen LogP contribution in [0.3, 0.4) is 0 Å². The highest BCUT2D eigenvalue weighted by Gasteiger charge is 2.51. The van der Waals surface area contributed by atoms with E-state index in [1.54, 1.807) is 0 Å². The van der Waals surface area contributed by atoms with E-state index in [9.17, 15) is 43.2 Å². The maximum Gasteiger partial charge on any atom is 0.534 e. The largest absolute Gasteiger partial charge is 0.534 e. The minimum atomic E-state index is -5.88. The molecule has 2 aromatic carbocycles. The van der Waals surface area contributed by atoms with E-state index in [1.807, 2.05) is 0 Å². The molecular formula is C22H18F6O6S2. The molecule has 196 valence electrons. The second kappa shape index (κ2) is 8.01. The molecule has 5 rings (SSSR count). The van der Waals surface area contributed by atoms with Crippen LogP contribution in [0.2, 0.25) is 0 Å². The Balaban J connectivity index is 1.61. The van der Waals surface area contributed by atoms with Gasteiger partial charge in [0.25, 0.3) is 0 Å². The molecule has 6 nitrogen and oxygen atoms in total. The smallest absolute Gasteiger partial charge is 0.376 e. The standard InChI is InChI=1S/C22H18F6O6S2/c23-21(24,25)35(29,30)33-17-8-6-14(13-2-1-3-15(13)17)16-7-9-18(34-36(31,32)22(26,27)28)20-12-5-4-11(10-12)19(16)20/h6-9,11-12H,1-5,10H2. The maximum absolute atomic E-state index is 12.9. The zero-order valence-corrected chi connectivity index (χ0v) is 19.9. The van der Waals surface area contributed by atoms with Gasteiger partial charge in [-0.1, -0.05) is 12.1 Å². The van der Waals surface area contributed by atoms with Gasteiger partial charge in [-0.2, -0.15) is 43.2 Å². The molecule has 0 radical (unpaired) electrons. The van der Waals surface area contributed by atoms with Crippen LogP contribution in [0.5, 0.6) is 11.5 Å². The Bertz CT molecular complexity index is 1460. The highest BCUT2D eigenvalue weighted by molar-refractivity contribution is 7.88. The first kappa shape index (κ1) is 25.2. The lowest BCUT2D eigenvalue weighted by atomic mass is 9.83. The van der Waals surface area contributed by atoms with E-state index < -0.39 is 37.0 Å². The Labute approximate surface area is 202 Å². The number of rotatable bonds is 5. The summed E-state index contributed by atoms with van der Waals surface area (Å²) in [4.78, 5) is 0. The van der Waals surface area contributed by atoms with Crippen molar-refractivity contribution in [3.63, 3.8) is 0 Å². The number of alkyl halides is 6. The number of benzene rings is 2. The van der Waals surface area contributed by atoms with Crippen LogP contribution in [-0.2, 0) is 33.1 Å². The second-order valence-electron chi connectivity index (χ2n) is 9.03. The Hall–Kier alpha value is -2.48. The normalized spacial score (nSPS) is 21.4. The van der Waals surface area contributed by atoms with Crippen LogP contribution < -0.4 is 8.37 Å². The summed E-state index contributed by atoms with van der Waals surface area (Å²) in [5, 5.41) is 0. The molecule has 0 aromatic heterocycles. The first-order chi connectivity index (χ1) is 16.6. The molecule has 3 aliphatic rings. The topological polar surface area (TPSA) is 86.7 Å². The lowest BCUT2D eigenvalue weighted by Gasteiger charge is -2.24. The predicted octanol–water partition coefficient (Wildman–Crippen LogP) is 5.66. The molecule has 0 saturated heterocycles. The van der Waals surface area contributed by atoms with Crippen LogP contribution in [0.25, 0.3) is 11.1 Å². The van der Waals surface area contributed by atoms with E-state index in [0.717, 1.165) is 18.6 Å². The Morgan fingerprint density at radius 3 is 1.78 bits per heavy atom. The van der Waals surface area contributed by atoms with Crippen LogP contribution in [-0.4, -0.2) is 27.9 Å². The number of hydrogen-bond acceptors (Lipinski definition) is 6. The van der Waals surface area contributed by atoms with Crippen LogP contribution in [0.15, 0.2) is 24.3 Å². The van der Waals surface area contributed by atoms with Gasteiger partial charge in [-0.25, -0.2) is 0 Å². The number of halogens is 6. The molecule has 2 bridgehead atoms. The Morgan fingerprint density at radius 2 is 1.17 bits per heavy atom. The van der Waals surface area contributed by atoms with E-state index in [1.165, 1.54) is 12.1 Å². The molecule has 0 N–H and O–H groups in total. The molecule has 0 aliphatic heterocycles. The van der Waals surface area contributed by atoms with Crippen LogP contribution >= 0.6 is 0 Å². The van der Waals surface area contributed by atoms with Crippen molar-refractivity contribution in [3.8, 4) is 22.6 Å². The van der Waals surface area contributed by atoms with Crippen molar-refractivity contribution >= 4 is 20.2 Å². The van der Waals surface area contributed by atoms with Gasteiger partial charge in [0.15, 0.2) is 0 Å². The average molecular weight is 557 g/mol. The van der Waals surface area contributed by atoms with E-state index in [2.05, 4.69) is 8.37 Å². The summed E-state index contributed by atoms with van der Waals surface area (Å²) in [6.07, 6.45) is 3.26. The zero-order chi connectivity index (χ0) is 26.3. The molecular weight excluding hydrogens is 538 g/mol. The van der Waals surface area contributed by atoms with E-state index >= 15 is 0 Å². The molecule has 0 heterocycles. The fourth-order valence-corrected chi connectivity index (χ4v) is 6.59. The molecule has 2 atom stereocenters. The molecule has 1 saturated carbocycles. The Kier molecular flexibility index (Phi) is 5.60. The summed E-state index contributed by atoms with van der Waals surface area (Å²) >= 11 is 0. The first-order valence-electron chi connectivity index (χ1n) is 10.9. The van der Waals surface area contributed by atoms with Crippen molar-refractivity contribution in [2.45, 2.75) is 61.4 Å². The zero-order valence-electron chi connectivity index (χ0n) is 18.2. The highest BCUT2D eigenvalue weighted by Crippen LogP contribution is 2.59. The van der Waals surface area contributed by atoms with Gasteiger partial charge in [0, 0.05) is 5.56 Å². The van der Waals surface area contributed by atoms with E-state index in [0.29, 0.717) is 59.1 Å². The van der Waals surface area contributed by atoms with Crippen molar-refractivity contribution in [2.24, 2.45) is 0 Å².